The predicted octanol–water partition coefficient (Wildman–Crippen LogP) is 4.33. The molecule has 2 heterocycles. The van der Waals surface area contributed by atoms with Crippen LogP contribution in [0.5, 0.6) is 0 Å². The molecular weight excluding hydrogens is 662 g/mol. The summed E-state index contributed by atoms with van der Waals surface area (Å²) in [5.41, 5.74) is 2.21. The van der Waals surface area contributed by atoms with Crippen LogP contribution in [-0.4, -0.2) is 94.1 Å². The number of alkyl halides is 1. The van der Waals surface area contributed by atoms with Gasteiger partial charge >= 0.3 is 0 Å². The second kappa shape index (κ2) is 13.9. The number of hydrogen-bond acceptors (Lipinski definition) is 9. The van der Waals surface area contributed by atoms with Crippen molar-refractivity contribution in [3.05, 3.63) is 53.6 Å². The summed E-state index contributed by atoms with van der Waals surface area (Å²) in [6.07, 6.45) is 2.60. The number of fused-ring (bicyclic) bond motifs is 1. The van der Waals surface area contributed by atoms with Crippen LogP contribution in [0.3, 0.4) is 0 Å². The van der Waals surface area contributed by atoms with Gasteiger partial charge in [-0.2, -0.15) is 0 Å². The zero-order valence-corrected chi connectivity index (χ0v) is 26.9. The SMILES string of the molecule is CCOCC(COCC)(c1cc2ncnc(Nc3ccc(F)c(CI)c3)c2cc1NS(C)(=O)=O)N1CCN(C)CC1. The molecule has 2 aromatic carbocycles. The minimum atomic E-state index is -3.66. The normalized spacial score (nSPS) is 15.4. The van der Waals surface area contributed by atoms with Crippen LogP contribution in [0.1, 0.15) is 25.0 Å². The maximum Gasteiger partial charge on any atom is 0.229 e. The van der Waals surface area contributed by atoms with Gasteiger partial charge in [-0.05, 0) is 56.8 Å². The molecule has 0 amide bonds. The van der Waals surface area contributed by atoms with E-state index in [9.17, 15) is 12.8 Å². The van der Waals surface area contributed by atoms with E-state index >= 15 is 0 Å². The van der Waals surface area contributed by atoms with Crippen LogP contribution in [0.4, 0.5) is 21.6 Å². The Balaban J connectivity index is 1.91. The first-order chi connectivity index (χ1) is 19.6. The van der Waals surface area contributed by atoms with Gasteiger partial charge in [0.25, 0.3) is 0 Å². The summed E-state index contributed by atoms with van der Waals surface area (Å²) in [6, 6.07) is 8.47. The second-order valence-corrected chi connectivity index (χ2v) is 12.7. The van der Waals surface area contributed by atoms with Crippen molar-refractivity contribution in [1.82, 2.24) is 19.8 Å². The van der Waals surface area contributed by atoms with Gasteiger partial charge in [-0.3, -0.25) is 9.62 Å². The molecule has 13 heteroatoms. The molecule has 0 spiro atoms. The largest absolute Gasteiger partial charge is 0.379 e. The maximum absolute atomic E-state index is 14.1. The van der Waals surface area contributed by atoms with E-state index in [4.69, 9.17) is 9.47 Å². The second-order valence-electron chi connectivity index (χ2n) is 10.2. The molecule has 4 rings (SSSR count). The molecular formula is C28H38FIN6O4S. The fourth-order valence-electron chi connectivity index (χ4n) is 5.09. The van der Waals surface area contributed by atoms with E-state index in [0.717, 1.165) is 38.0 Å². The van der Waals surface area contributed by atoms with Gasteiger partial charge in [0.1, 0.15) is 18.0 Å². The van der Waals surface area contributed by atoms with Crippen LogP contribution < -0.4 is 10.0 Å². The lowest BCUT2D eigenvalue weighted by molar-refractivity contribution is -0.0743. The summed E-state index contributed by atoms with van der Waals surface area (Å²) >= 11 is 2.12. The van der Waals surface area contributed by atoms with Gasteiger partial charge in [0, 0.05) is 60.5 Å². The fraction of sp³-hybridized carbons (Fsp3) is 0.500. The number of sulfonamides is 1. The Bertz CT molecular complexity index is 1450. The van der Waals surface area contributed by atoms with Crippen molar-refractivity contribution in [2.45, 2.75) is 23.8 Å². The van der Waals surface area contributed by atoms with Crippen molar-refractivity contribution in [3.63, 3.8) is 0 Å². The molecule has 1 aliphatic heterocycles. The van der Waals surface area contributed by atoms with Crippen molar-refractivity contribution < 1.29 is 22.3 Å². The van der Waals surface area contributed by atoms with E-state index in [1.165, 1.54) is 12.4 Å². The molecule has 0 unspecified atom stereocenters. The number of ether oxygens (including phenoxy) is 2. The van der Waals surface area contributed by atoms with Crippen LogP contribution in [0.25, 0.3) is 10.9 Å². The molecule has 0 radical (unpaired) electrons. The van der Waals surface area contributed by atoms with Gasteiger partial charge in [0.15, 0.2) is 0 Å². The van der Waals surface area contributed by atoms with Crippen molar-refractivity contribution in [2.75, 3.05) is 75.9 Å². The van der Waals surface area contributed by atoms with E-state index in [2.05, 4.69) is 59.4 Å². The Hall–Kier alpha value is -2.17. The Morgan fingerprint density at radius 1 is 1.05 bits per heavy atom. The maximum atomic E-state index is 14.1. The van der Waals surface area contributed by atoms with Crippen LogP contribution in [-0.2, 0) is 29.5 Å². The van der Waals surface area contributed by atoms with Crippen LogP contribution in [0.2, 0.25) is 0 Å². The number of benzene rings is 2. The average molecular weight is 701 g/mol. The van der Waals surface area contributed by atoms with E-state index in [0.29, 0.717) is 64.5 Å². The van der Waals surface area contributed by atoms with Crippen molar-refractivity contribution in [1.29, 1.82) is 0 Å². The lowest BCUT2D eigenvalue weighted by atomic mass is 9.86. The van der Waals surface area contributed by atoms with Gasteiger partial charge in [-0.1, -0.05) is 22.6 Å². The molecule has 1 aromatic heterocycles. The van der Waals surface area contributed by atoms with Crippen LogP contribution >= 0.6 is 22.6 Å². The van der Waals surface area contributed by atoms with Crippen LogP contribution in [0, 0.1) is 5.82 Å². The molecule has 0 saturated carbocycles. The number of piperazine rings is 1. The number of anilines is 3. The molecule has 0 aliphatic carbocycles. The van der Waals surface area contributed by atoms with E-state index < -0.39 is 15.6 Å². The highest BCUT2D eigenvalue weighted by atomic mass is 127. The Morgan fingerprint density at radius 3 is 2.34 bits per heavy atom. The molecule has 1 fully saturated rings. The quantitative estimate of drug-likeness (QED) is 0.199. The molecule has 224 valence electrons. The summed E-state index contributed by atoms with van der Waals surface area (Å²) < 4.78 is 54.9. The zero-order valence-electron chi connectivity index (χ0n) is 23.9. The molecule has 0 bridgehead atoms. The average Bonchev–Trinajstić information content (AvgIpc) is 2.94. The minimum Gasteiger partial charge on any atom is -0.379 e. The molecule has 2 N–H and O–H groups in total. The zero-order chi connectivity index (χ0) is 29.6. The number of aromatic nitrogens is 2. The Morgan fingerprint density at radius 2 is 1.73 bits per heavy atom. The number of halogens is 2. The predicted molar refractivity (Wildman–Crippen MR) is 169 cm³/mol. The van der Waals surface area contributed by atoms with Crippen LogP contribution in [0.15, 0.2) is 36.7 Å². The summed E-state index contributed by atoms with van der Waals surface area (Å²) in [5.74, 6) is 0.203. The van der Waals surface area contributed by atoms with Crippen molar-refractivity contribution >= 4 is 60.7 Å². The first-order valence-electron chi connectivity index (χ1n) is 13.6. The summed E-state index contributed by atoms with van der Waals surface area (Å²) in [7, 11) is -1.57. The third-order valence-corrected chi connectivity index (χ3v) is 8.63. The Labute approximate surface area is 255 Å². The van der Waals surface area contributed by atoms with Gasteiger partial charge in [0.05, 0.1) is 36.2 Å². The minimum absolute atomic E-state index is 0.273. The first-order valence-corrected chi connectivity index (χ1v) is 17.0. The number of nitrogens with one attached hydrogen (secondary N) is 2. The summed E-state index contributed by atoms with van der Waals surface area (Å²) in [4.78, 5) is 13.6. The van der Waals surface area contributed by atoms with Gasteiger partial charge in [0.2, 0.25) is 10.0 Å². The number of likely N-dealkylation sites (N-methyl/N-ethyl adjacent to an activating group) is 1. The van der Waals surface area contributed by atoms with Gasteiger partial charge < -0.3 is 19.7 Å². The van der Waals surface area contributed by atoms with E-state index in [1.807, 2.05) is 19.9 Å². The number of nitrogens with zero attached hydrogens (tertiary/aromatic N) is 4. The highest BCUT2D eigenvalue weighted by Gasteiger charge is 2.43. The molecule has 41 heavy (non-hydrogen) atoms. The summed E-state index contributed by atoms with van der Waals surface area (Å²) in [6.45, 7) is 8.72. The molecule has 10 nitrogen and oxygen atoms in total. The molecule has 1 saturated heterocycles. The van der Waals surface area contributed by atoms with Gasteiger partial charge in [-0.15, -0.1) is 0 Å². The highest BCUT2D eigenvalue weighted by molar-refractivity contribution is 14.1. The summed E-state index contributed by atoms with van der Waals surface area (Å²) in [5, 5.41) is 3.88. The third-order valence-electron chi connectivity index (χ3n) is 7.22. The molecule has 1 aliphatic rings. The topological polar surface area (TPSA) is 109 Å². The smallest absolute Gasteiger partial charge is 0.229 e. The lowest BCUT2D eigenvalue weighted by Gasteiger charge is -2.47. The number of hydrogen-bond donors (Lipinski definition) is 2. The Kier molecular flexibility index (Phi) is 10.7. The van der Waals surface area contributed by atoms with Crippen molar-refractivity contribution in [3.8, 4) is 0 Å². The third kappa shape index (κ3) is 7.62. The van der Waals surface area contributed by atoms with Gasteiger partial charge in [-0.25, -0.2) is 22.8 Å². The molecule has 0 atom stereocenters. The fourth-order valence-corrected chi connectivity index (χ4v) is 6.24. The van der Waals surface area contributed by atoms with E-state index in [-0.39, 0.29) is 5.82 Å². The standard InChI is InChI=1S/C28H38FIN6O4S/c1-5-39-17-28(18-40-6-2,36-11-9-35(3)10-12-36)23-15-25-22(14-26(23)34-41(4,37)38)27(32-19-31-25)33-21-7-8-24(29)20(13-21)16-30/h7-8,13-15,19,34H,5-6,9-12,16-18H2,1-4H3,(H,31,32,33). The lowest BCUT2D eigenvalue weighted by Crippen LogP contribution is -2.59. The van der Waals surface area contributed by atoms with Crippen molar-refractivity contribution in [2.24, 2.45) is 0 Å². The van der Waals surface area contributed by atoms with E-state index in [1.54, 1.807) is 18.2 Å². The highest BCUT2D eigenvalue weighted by Crippen LogP contribution is 2.40. The monoisotopic (exact) mass is 700 g/mol. The first kappa shape index (κ1) is 31.8. The molecule has 3 aromatic rings. The number of rotatable bonds is 13.